The number of ether oxygens (including phenoxy) is 1. The molecule has 1 rings (SSSR count). The fraction of sp³-hybridized carbons (Fsp3) is 0.571. The van der Waals surface area contributed by atoms with Crippen molar-refractivity contribution in [2.45, 2.75) is 45.6 Å². The summed E-state index contributed by atoms with van der Waals surface area (Å²) in [6.45, 7) is 4.36. The number of methoxy groups -OCH3 is 1. The Morgan fingerprint density at radius 1 is 1.18 bits per heavy atom. The third-order valence-corrected chi connectivity index (χ3v) is 2.77. The highest BCUT2D eigenvalue weighted by Gasteiger charge is 2.02. The lowest BCUT2D eigenvalue weighted by atomic mass is 10.1. The molecule has 0 fully saturated rings. The fourth-order valence-electron chi connectivity index (χ4n) is 1.58. The molecule has 1 aromatic carbocycles. The molecular weight excluding hydrogens is 212 g/mol. The van der Waals surface area contributed by atoms with E-state index in [1.165, 1.54) is 12.8 Å². The summed E-state index contributed by atoms with van der Waals surface area (Å²) in [5, 5.41) is 8.66. The summed E-state index contributed by atoms with van der Waals surface area (Å²) in [6.07, 6.45) is 4.63. The van der Waals surface area contributed by atoms with Crippen molar-refractivity contribution in [3.63, 3.8) is 0 Å². The molecule has 0 aromatic heterocycles. The number of hydrogen-bond acceptors (Lipinski definition) is 3. The maximum absolute atomic E-state index is 5.10. The van der Waals surface area contributed by atoms with Gasteiger partial charge in [-0.1, -0.05) is 26.7 Å². The SMILES string of the molecule is CCCCC(CC)N=Nc1ccc(OC)cc1. The van der Waals surface area contributed by atoms with E-state index in [0.29, 0.717) is 6.04 Å². The molecule has 0 aliphatic rings. The van der Waals surface area contributed by atoms with Gasteiger partial charge in [0.25, 0.3) is 0 Å². The zero-order valence-corrected chi connectivity index (χ0v) is 11.0. The highest BCUT2D eigenvalue weighted by atomic mass is 16.5. The lowest BCUT2D eigenvalue weighted by Crippen LogP contribution is -2.00. The third kappa shape index (κ3) is 4.98. The van der Waals surface area contributed by atoms with Crippen LogP contribution in [-0.4, -0.2) is 13.2 Å². The maximum Gasteiger partial charge on any atom is 0.119 e. The van der Waals surface area contributed by atoms with E-state index in [-0.39, 0.29) is 0 Å². The average molecular weight is 234 g/mol. The second kappa shape index (κ2) is 7.82. The Morgan fingerprint density at radius 3 is 2.41 bits per heavy atom. The van der Waals surface area contributed by atoms with Crippen molar-refractivity contribution in [3.05, 3.63) is 24.3 Å². The standard InChI is InChI=1S/C14H22N2O/c1-4-6-7-12(5-2)15-16-13-8-10-14(17-3)11-9-13/h8-12H,4-7H2,1-3H3. The Bertz CT molecular complexity index is 333. The molecule has 0 bridgehead atoms. The molecule has 0 saturated heterocycles. The van der Waals surface area contributed by atoms with E-state index in [4.69, 9.17) is 4.74 Å². The van der Waals surface area contributed by atoms with E-state index in [9.17, 15) is 0 Å². The zero-order valence-electron chi connectivity index (χ0n) is 11.0. The van der Waals surface area contributed by atoms with Crippen molar-refractivity contribution in [2.75, 3.05) is 7.11 Å². The summed E-state index contributed by atoms with van der Waals surface area (Å²) >= 11 is 0. The summed E-state index contributed by atoms with van der Waals surface area (Å²) in [5.74, 6) is 0.849. The van der Waals surface area contributed by atoms with Gasteiger partial charge in [0.1, 0.15) is 5.75 Å². The minimum absolute atomic E-state index is 0.358. The van der Waals surface area contributed by atoms with Crippen LogP contribution in [0.1, 0.15) is 39.5 Å². The summed E-state index contributed by atoms with van der Waals surface area (Å²) in [6, 6.07) is 8.02. The zero-order chi connectivity index (χ0) is 12.5. The van der Waals surface area contributed by atoms with Crippen LogP contribution in [0.15, 0.2) is 34.5 Å². The monoisotopic (exact) mass is 234 g/mol. The van der Waals surface area contributed by atoms with E-state index >= 15 is 0 Å². The molecule has 3 nitrogen and oxygen atoms in total. The molecule has 1 aromatic rings. The van der Waals surface area contributed by atoms with Crippen LogP contribution in [0, 0.1) is 0 Å². The maximum atomic E-state index is 5.10. The van der Waals surface area contributed by atoms with Crippen molar-refractivity contribution in [1.82, 2.24) is 0 Å². The van der Waals surface area contributed by atoms with Crippen molar-refractivity contribution < 1.29 is 4.74 Å². The van der Waals surface area contributed by atoms with Crippen molar-refractivity contribution in [2.24, 2.45) is 10.2 Å². The average Bonchev–Trinajstić information content (AvgIpc) is 2.39. The van der Waals surface area contributed by atoms with Gasteiger partial charge in [-0.2, -0.15) is 10.2 Å². The van der Waals surface area contributed by atoms with Gasteiger partial charge in [-0.05, 0) is 37.1 Å². The quantitative estimate of drug-likeness (QED) is 0.627. The molecule has 0 spiro atoms. The first-order valence-electron chi connectivity index (χ1n) is 6.35. The Labute approximate surface area is 104 Å². The molecule has 1 atom stereocenters. The number of unbranched alkanes of at least 4 members (excludes halogenated alkanes) is 1. The molecule has 0 aliphatic heterocycles. The summed E-state index contributed by atoms with van der Waals surface area (Å²) in [5.41, 5.74) is 0.890. The van der Waals surface area contributed by atoms with Gasteiger partial charge in [0.05, 0.1) is 18.8 Å². The molecule has 0 radical (unpaired) electrons. The minimum Gasteiger partial charge on any atom is -0.497 e. The van der Waals surface area contributed by atoms with Crippen LogP contribution >= 0.6 is 0 Å². The van der Waals surface area contributed by atoms with Crippen LogP contribution in [-0.2, 0) is 0 Å². The highest BCUT2D eigenvalue weighted by molar-refractivity contribution is 5.40. The molecule has 0 aliphatic carbocycles. The second-order valence-corrected chi connectivity index (χ2v) is 4.12. The topological polar surface area (TPSA) is 34.0 Å². The number of benzene rings is 1. The molecule has 0 saturated carbocycles. The van der Waals surface area contributed by atoms with E-state index in [0.717, 1.165) is 24.3 Å². The van der Waals surface area contributed by atoms with Crippen LogP contribution in [0.25, 0.3) is 0 Å². The fourth-order valence-corrected chi connectivity index (χ4v) is 1.58. The van der Waals surface area contributed by atoms with Crippen LogP contribution in [0.4, 0.5) is 5.69 Å². The molecule has 0 amide bonds. The third-order valence-electron chi connectivity index (χ3n) is 2.77. The predicted molar refractivity (Wildman–Crippen MR) is 71.1 cm³/mol. The van der Waals surface area contributed by atoms with Gasteiger partial charge in [-0.15, -0.1) is 0 Å². The van der Waals surface area contributed by atoms with E-state index in [1.54, 1.807) is 7.11 Å². The first-order chi connectivity index (χ1) is 8.30. The normalized spacial score (nSPS) is 12.9. The second-order valence-electron chi connectivity index (χ2n) is 4.12. The van der Waals surface area contributed by atoms with Gasteiger partial charge in [0.15, 0.2) is 0 Å². The molecule has 0 heterocycles. The summed E-state index contributed by atoms with van der Waals surface area (Å²) in [7, 11) is 1.66. The lowest BCUT2D eigenvalue weighted by Gasteiger charge is -2.06. The summed E-state index contributed by atoms with van der Waals surface area (Å²) < 4.78 is 5.10. The minimum atomic E-state index is 0.358. The summed E-state index contributed by atoms with van der Waals surface area (Å²) in [4.78, 5) is 0. The van der Waals surface area contributed by atoms with E-state index in [2.05, 4.69) is 24.1 Å². The van der Waals surface area contributed by atoms with Gasteiger partial charge in [0, 0.05) is 0 Å². The Kier molecular flexibility index (Phi) is 6.30. The van der Waals surface area contributed by atoms with Crippen molar-refractivity contribution in [3.8, 4) is 5.75 Å². The number of azo groups is 1. The van der Waals surface area contributed by atoms with Crippen LogP contribution in [0.2, 0.25) is 0 Å². The molecule has 94 valence electrons. The van der Waals surface area contributed by atoms with E-state index < -0.39 is 0 Å². The van der Waals surface area contributed by atoms with Crippen LogP contribution in [0.5, 0.6) is 5.75 Å². The molecule has 1 unspecified atom stereocenters. The van der Waals surface area contributed by atoms with Gasteiger partial charge < -0.3 is 4.74 Å². The highest BCUT2D eigenvalue weighted by Crippen LogP contribution is 2.19. The predicted octanol–water partition coefficient (Wildman–Crippen LogP) is 4.75. The molecular formula is C14H22N2O. The Balaban J connectivity index is 2.54. The Hall–Kier alpha value is -1.38. The van der Waals surface area contributed by atoms with Crippen LogP contribution in [0.3, 0.4) is 0 Å². The molecule has 0 N–H and O–H groups in total. The van der Waals surface area contributed by atoms with Crippen LogP contribution < -0.4 is 4.74 Å². The van der Waals surface area contributed by atoms with Gasteiger partial charge in [-0.3, -0.25) is 0 Å². The molecule has 3 heteroatoms. The largest absolute Gasteiger partial charge is 0.497 e. The lowest BCUT2D eigenvalue weighted by molar-refractivity contribution is 0.415. The number of nitrogens with zero attached hydrogens (tertiary/aromatic N) is 2. The number of rotatable bonds is 7. The van der Waals surface area contributed by atoms with Gasteiger partial charge >= 0.3 is 0 Å². The van der Waals surface area contributed by atoms with Gasteiger partial charge in [0.2, 0.25) is 0 Å². The van der Waals surface area contributed by atoms with Crippen molar-refractivity contribution in [1.29, 1.82) is 0 Å². The Morgan fingerprint density at radius 2 is 1.88 bits per heavy atom. The molecule has 17 heavy (non-hydrogen) atoms. The number of hydrogen-bond donors (Lipinski definition) is 0. The smallest absolute Gasteiger partial charge is 0.119 e. The van der Waals surface area contributed by atoms with Crippen molar-refractivity contribution >= 4 is 5.69 Å². The first kappa shape index (κ1) is 13.7. The first-order valence-corrected chi connectivity index (χ1v) is 6.35. The van der Waals surface area contributed by atoms with E-state index in [1.807, 2.05) is 24.3 Å². The van der Waals surface area contributed by atoms with Gasteiger partial charge in [-0.25, -0.2) is 0 Å².